The Bertz CT molecular complexity index is 447. The van der Waals surface area contributed by atoms with E-state index in [1.807, 2.05) is 0 Å². The van der Waals surface area contributed by atoms with E-state index in [2.05, 4.69) is 5.10 Å². The Labute approximate surface area is 99.4 Å². The van der Waals surface area contributed by atoms with Gasteiger partial charge in [-0.1, -0.05) is 19.3 Å². The van der Waals surface area contributed by atoms with Gasteiger partial charge in [0.2, 0.25) is 5.88 Å². The van der Waals surface area contributed by atoms with Crippen LogP contribution in [0.15, 0.2) is 0 Å². The first kappa shape index (κ1) is 10.6. The Morgan fingerprint density at radius 1 is 1.35 bits per heavy atom. The molecule has 1 N–H and O–H groups in total. The van der Waals surface area contributed by atoms with Gasteiger partial charge in [0, 0.05) is 0 Å². The van der Waals surface area contributed by atoms with Crippen molar-refractivity contribution in [1.29, 1.82) is 0 Å². The first-order chi connectivity index (χ1) is 8.27. The summed E-state index contributed by atoms with van der Waals surface area (Å²) in [5.41, 5.74) is 1.04. The van der Waals surface area contributed by atoms with Crippen LogP contribution in [0, 0.1) is 0 Å². The van der Waals surface area contributed by atoms with Gasteiger partial charge in [-0.05, 0) is 18.8 Å². The number of aromatic carboxylic acids is 1. The topological polar surface area (TPSA) is 64.3 Å². The number of carboxylic acid groups (broad SMARTS) is 1. The lowest BCUT2D eigenvalue weighted by Crippen LogP contribution is -2.11. The summed E-state index contributed by atoms with van der Waals surface area (Å²) in [6.45, 7) is 1.28. The van der Waals surface area contributed by atoms with Gasteiger partial charge < -0.3 is 9.84 Å². The maximum Gasteiger partial charge on any atom is 0.356 e. The molecule has 1 aromatic rings. The molecule has 5 heteroatoms. The molecular formula is C12H16N2O3. The molecule has 0 bridgehead atoms. The minimum absolute atomic E-state index is 0.201. The van der Waals surface area contributed by atoms with E-state index in [0.717, 1.165) is 18.4 Å². The standard InChI is InChI=1S/C12H16N2O3/c15-12(16)10-9(8-4-2-1-3-5-8)11-14(13-10)6-7-17-11/h8H,1-7H2,(H,15,16). The Hall–Kier alpha value is -1.52. The Morgan fingerprint density at radius 2 is 2.12 bits per heavy atom. The average Bonchev–Trinajstić information content (AvgIpc) is 2.89. The Morgan fingerprint density at radius 3 is 2.82 bits per heavy atom. The van der Waals surface area contributed by atoms with E-state index in [1.54, 1.807) is 4.68 Å². The van der Waals surface area contributed by atoms with Gasteiger partial charge in [-0.3, -0.25) is 0 Å². The third kappa shape index (κ3) is 1.69. The van der Waals surface area contributed by atoms with Crippen molar-refractivity contribution in [2.24, 2.45) is 0 Å². The van der Waals surface area contributed by atoms with Gasteiger partial charge in [0.1, 0.15) is 6.61 Å². The first-order valence-electron chi connectivity index (χ1n) is 6.24. The lowest BCUT2D eigenvalue weighted by atomic mass is 9.84. The van der Waals surface area contributed by atoms with Crippen LogP contribution in [0.5, 0.6) is 5.88 Å². The normalized spacial score (nSPS) is 20.0. The number of hydrogen-bond donors (Lipinski definition) is 1. The molecule has 0 spiro atoms. The molecule has 1 fully saturated rings. The molecule has 0 atom stereocenters. The van der Waals surface area contributed by atoms with Crippen LogP contribution >= 0.6 is 0 Å². The van der Waals surface area contributed by atoms with Crippen LogP contribution < -0.4 is 4.74 Å². The van der Waals surface area contributed by atoms with Gasteiger partial charge in [-0.15, -0.1) is 0 Å². The summed E-state index contributed by atoms with van der Waals surface area (Å²) < 4.78 is 7.25. The number of fused-ring (bicyclic) bond motifs is 1. The van der Waals surface area contributed by atoms with Gasteiger partial charge in [-0.25, -0.2) is 9.48 Å². The molecule has 3 rings (SSSR count). The number of rotatable bonds is 2. The van der Waals surface area contributed by atoms with E-state index in [1.165, 1.54) is 19.3 Å². The molecule has 0 amide bonds. The van der Waals surface area contributed by atoms with Crippen LogP contribution in [-0.4, -0.2) is 27.5 Å². The summed E-state index contributed by atoms with van der Waals surface area (Å²) in [5.74, 6) is 0.0853. The van der Waals surface area contributed by atoms with Crippen LogP contribution in [0.25, 0.3) is 0 Å². The molecule has 0 radical (unpaired) electrons. The van der Waals surface area contributed by atoms with Gasteiger partial charge >= 0.3 is 5.97 Å². The summed E-state index contributed by atoms with van der Waals surface area (Å²) in [6.07, 6.45) is 5.72. The number of carboxylic acids is 1. The fourth-order valence-corrected chi connectivity index (χ4v) is 2.91. The molecule has 1 aromatic heterocycles. The molecule has 2 aliphatic rings. The monoisotopic (exact) mass is 236 g/mol. The van der Waals surface area contributed by atoms with Gasteiger partial charge in [0.25, 0.3) is 0 Å². The Kier molecular flexibility index (Phi) is 2.53. The maximum absolute atomic E-state index is 11.2. The SMILES string of the molecule is O=C(O)c1nn2c(c1C1CCCCC1)OCC2. The van der Waals surface area contributed by atoms with E-state index in [4.69, 9.17) is 4.74 Å². The largest absolute Gasteiger partial charge is 0.476 e. The lowest BCUT2D eigenvalue weighted by molar-refractivity contribution is 0.0687. The highest BCUT2D eigenvalue weighted by molar-refractivity contribution is 5.88. The molecule has 2 heterocycles. The maximum atomic E-state index is 11.2. The van der Waals surface area contributed by atoms with Crippen LogP contribution in [0.2, 0.25) is 0 Å². The highest BCUT2D eigenvalue weighted by Gasteiger charge is 2.32. The zero-order valence-electron chi connectivity index (χ0n) is 9.69. The number of aromatic nitrogens is 2. The van der Waals surface area contributed by atoms with Crippen molar-refractivity contribution in [2.75, 3.05) is 6.61 Å². The summed E-state index contributed by atoms with van der Waals surface area (Å²) in [6, 6.07) is 0. The average molecular weight is 236 g/mol. The zero-order valence-corrected chi connectivity index (χ0v) is 9.69. The predicted octanol–water partition coefficient (Wildman–Crippen LogP) is 2.02. The highest BCUT2D eigenvalue weighted by atomic mass is 16.5. The third-order valence-corrected chi connectivity index (χ3v) is 3.70. The molecule has 0 aromatic carbocycles. The molecule has 5 nitrogen and oxygen atoms in total. The second-order valence-corrected chi connectivity index (χ2v) is 4.78. The second-order valence-electron chi connectivity index (χ2n) is 4.78. The summed E-state index contributed by atoms with van der Waals surface area (Å²) in [4.78, 5) is 11.2. The van der Waals surface area contributed by atoms with E-state index >= 15 is 0 Å². The molecular weight excluding hydrogens is 220 g/mol. The number of nitrogens with zero attached hydrogens (tertiary/aromatic N) is 2. The molecule has 1 aliphatic heterocycles. The zero-order chi connectivity index (χ0) is 11.8. The summed E-state index contributed by atoms with van der Waals surface area (Å²) in [7, 11) is 0. The van der Waals surface area contributed by atoms with Crippen molar-refractivity contribution in [3.63, 3.8) is 0 Å². The van der Waals surface area contributed by atoms with Crippen molar-refractivity contribution in [1.82, 2.24) is 9.78 Å². The fraction of sp³-hybridized carbons (Fsp3) is 0.667. The van der Waals surface area contributed by atoms with Gasteiger partial charge in [0.15, 0.2) is 5.69 Å². The van der Waals surface area contributed by atoms with E-state index in [0.29, 0.717) is 24.9 Å². The van der Waals surface area contributed by atoms with E-state index in [-0.39, 0.29) is 5.69 Å². The minimum Gasteiger partial charge on any atom is -0.476 e. The molecule has 0 unspecified atom stereocenters. The van der Waals surface area contributed by atoms with Crippen molar-refractivity contribution < 1.29 is 14.6 Å². The lowest BCUT2D eigenvalue weighted by Gasteiger charge is -2.21. The third-order valence-electron chi connectivity index (χ3n) is 3.70. The quantitative estimate of drug-likeness (QED) is 0.853. The van der Waals surface area contributed by atoms with Crippen LogP contribution in [0.3, 0.4) is 0 Å². The van der Waals surface area contributed by atoms with E-state index < -0.39 is 5.97 Å². The molecule has 17 heavy (non-hydrogen) atoms. The predicted molar refractivity (Wildman–Crippen MR) is 60.5 cm³/mol. The van der Waals surface area contributed by atoms with Crippen molar-refractivity contribution in [3.8, 4) is 5.88 Å². The highest BCUT2D eigenvalue weighted by Crippen LogP contribution is 2.40. The number of hydrogen-bond acceptors (Lipinski definition) is 3. The van der Waals surface area contributed by atoms with Crippen molar-refractivity contribution >= 4 is 5.97 Å². The molecule has 0 saturated heterocycles. The summed E-state index contributed by atoms with van der Waals surface area (Å²) >= 11 is 0. The molecule has 1 saturated carbocycles. The first-order valence-corrected chi connectivity index (χ1v) is 6.24. The van der Waals surface area contributed by atoms with Crippen molar-refractivity contribution in [2.45, 2.75) is 44.6 Å². The number of carbonyl (C=O) groups is 1. The summed E-state index contributed by atoms with van der Waals surface area (Å²) in [5, 5.41) is 13.4. The van der Waals surface area contributed by atoms with Crippen LogP contribution in [-0.2, 0) is 6.54 Å². The van der Waals surface area contributed by atoms with E-state index in [9.17, 15) is 9.90 Å². The smallest absolute Gasteiger partial charge is 0.356 e. The number of ether oxygens (including phenoxy) is 1. The molecule has 1 aliphatic carbocycles. The van der Waals surface area contributed by atoms with Crippen LogP contribution in [0.4, 0.5) is 0 Å². The molecule has 92 valence electrons. The van der Waals surface area contributed by atoms with Gasteiger partial charge in [-0.2, -0.15) is 5.10 Å². The van der Waals surface area contributed by atoms with Gasteiger partial charge in [0.05, 0.1) is 12.1 Å². The fourth-order valence-electron chi connectivity index (χ4n) is 2.91. The van der Waals surface area contributed by atoms with Crippen molar-refractivity contribution in [3.05, 3.63) is 11.3 Å². The second kappa shape index (κ2) is 4.05. The Balaban J connectivity index is 2.03. The van der Waals surface area contributed by atoms with Crippen LogP contribution in [0.1, 0.15) is 54.1 Å². The minimum atomic E-state index is -0.934.